The first-order chi connectivity index (χ1) is 15.3. The summed E-state index contributed by atoms with van der Waals surface area (Å²) in [4.78, 5) is 36.4. The third-order valence-electron chi connectivity index (χ3n) is 8.13. The highest BCUT2D eigenvalue weighted by Crippen LogP contribution is 2.60. The molecule has 0 aromatic heterocycles. The number of hydrogen-bond donors (Lipinski definition) is 2. The smallest absolute Gasteiger partial charge is 0.335 e. The highest BCUT2D eigenvalue weighted by Gasteiger charge is 2.56. The largest absolute Gasteiger partial charge is 0.478 e. The molecule has 0 aliphatic heterocycles. The SMILES string of the molecule is C[C@]12CC[C@@H]3c4ccc(C(=O)O)cc4CC[C@H]3[C@@H]1CC(=Cc1cccc(C(N)=O)c1)C2=O. The number of aryl methyl sites for hydroxylation is 1. The topological polar surface area (TPSA) is 97.5 Å². The minimum Gasteiger partial charge on any atom is -0.478 e. The van der Waals surface area contributed by atoms with Gasteiger partial charge in [-0.1, -0.05) is 25.1 Å². The van der Waals surface area contributed by atoms with E-state index in [1.807, 2.05) is 24.3 Å². The molecule has 0 heterocycles. The molecule has 0 spiro atoms. The summed E-state index contributed by atoms with van der Waals surface area (Å²) in [5.41, 5.74) is 9.94. The van der Waals surface area contributed by atoms with Crippen LogP contribution < -0.4 is 5.73 Å². The number of carboxylic acids is 1. The van der Waals surface area contributed by atoms with Gasteiger partial charge in [0.2, 0.25) is 5.91 Å². The molecule has 5 rings (SSSR count). The number of Topliss-reactive ketones (excluding diaryl/α,β-unsaturated/α-hetero) is 1. The molecule has 2 fully saturated rings. The Balaban J connectivity index is 1.46. The fourth-order valence-corrected chi connectivity index (χ4v) is 6.50. The van der Waals surface area contributed by atoms with E-state index >= 15 is 0 Å². The number of nitrogens with two attached hydrogens (primary N) is 1. The Kier molecular flexibility index (Phi) is 4.81. The van der Waals surface area contributed by atoms with E-state index in [0.29, 0.717) is 23.0 Å². The zero-order chi connectivity index (χ0) is 22.6. The van der Waals surface area contributed by atoms with Gasteiger partial charge in [0.05, 0.1) is 5.56 Å². The van der Waals surface area contributed by atoms with Gasteiger partial charge in [-0.05, 0) is 102 Å². The van der Waals surface area contributed by atoms with Gasteiger partial charge in [-0.2, -0.15) is 0 Å². The zero-order valence-corrected chi connectivity index (χ0v) is 18.1. The predicted octanol–water partition coefficient (Wildman–Crippen LogP) is 4.60. The molecular weight excluding hydrogens is 402 g/mol. The monoisotopic (exact) mass is 429 g/mol. The fraction of sp³-hybridized carbons (Fsp3) is 0.370. The molecule has 0 radical (unpaired) electrons. The summed E-state index contributed by atoms with van der Waals surface area (Å²) in [6.07, 6.45) is 6.32. The maximum atomic E-state index is 13.5. The van der Waals surface area contributed by atoms with Crippen LogP contribution in [-0.4, -0.2) is 22.8 Å². The molecule has 2 saturated carbocycles. The van der Waals surface area contributed by atoms with Crippen molar-refractivity contribution in [2.75, 3.05) is 0 Å². The molecule has 1 amide bonds. The molecule has 0 saturated heterocycles. The third kappa shape index (κ3) is 3.19. The average Bonchev–Trinajstić information content (AvgIpc) is 3.03. The summed E-state index contributed by atoms with van der Waals surface area (Å²) in [6.45, 7) is 2.12. The van der Waals surface area contributed by atoms with Crippen LogP contribution in [0.1, 0.15) is 75.9 Å². The quantitative estimate of drug-likeness (QED) is 0.697. The minimum atomic E-state index is -0.886. The van der Waals surface area contributed by atoms with Crippen molar-refractivity contribution in [3.8, 4) is 0 Å². The first-order valence-electron chi connectivity index (χ1n) is 11.3. The number of ketones is 1. The second-order valence-corrected chi connectivity index (χ2v) is 9.78. The minimum absolute atomic E-state index is 0.234. The van der Waals surface area contributed by atoms with E-state index in [9.17, 15) is 19.5 Å². The number of fused-ring (bicyclic) bond motifs is 5. The van der Waals surface area contributed by atoms with Crippen molar-refractivity contribution in [2.24, 2.45) is 23.0 Å². The van der Waals surface area contributed by atoms with E-state index in [0.717, 1.165) is 48.8 Å². The number of carboxylic acid groups (broad SMARTS) is 1. The first kappa shape index (κ1) is 20.7. The van der Waals surface area contributed by atoms with Crippen molar-refractivity contribution in [1.82, 2.24) is 0 Å². The lowest BCUT2D eigenvalue weighted by Gasteiger charge is -2.48. The van der Waals surface area contributed by atoms with E-state index in [2.05, 4.69) is 6.92 Å². The van der Waals surface area contributed by atoms with E-state index in [1.54, 1.807) is 24.3 Å². The highest BCUT2D eigenvalue weighted by molar-refractivity contribution is 6.06. The van der Waals surface area contributed by atoms with E-state index in [-0.39, 0.29) is 17.1 Å². The summed E-state index contributed by atoms with van der Waals surface area (Å²) >= 11 is 0. The zero-order valence-electron chi connectivity index (χ0n) is 18.1. The Hall–Kier alpha value is -3.21. The Morgan fingerprint density at radius 3 is 2.69 bits per heavy atom. The number of benzene rings is 2. The van der Waals surface area contributed by atoms with E-state index in [1.165, 1.54) is 5.56 Å². The summed E-state index contributed by atoms with van der Waals surface area (Å²) in [5.74, 6) is -0.0427. The summed E-state index contributed by atoms with van der Waals surface area (Å²) in [6, 6.07) is 12.7. The molecule has 3 N–H and O–H groups in total. The number of primary amides is 1. The maximum absolute atomic E-state index is 13.5. The van der Waals surface area contributed by atoms with Crippen LogP contribution in [0.15, 0.2) is 48.0 Å². The Morgan fingerprint density at radius 2 is 1.94 bits per heavy atom. The number of hydrogen-bond acceptors (Lipinski definition) is 3. The molecule has 4 atom stereocenters. The van der Waals surface area contributed by atoms with Crippen LogP contribution in [0, 0.1) is 17.3 Å². The van der Waals surface area contributed by atoms with Gasteiger partial charge < -0.3 is 10.8 Å². The Labute approximate surface area is 187 Å². The molecule has 5 nitrogen and oxygen atoms in total. The molecule has 3 aliphatic carbocycles. The molecule has 2 aromatic rings. The lowest BCUT2D eigenvalue weighted by molar-refractivity contribution is -0.127. The van der Waals surface area contributed by atoms with Crippen LogP contribution in [0.4, 0.5) is 0 Å². The highest BCUT2D eigenvalue weighted by atomic mass is 16.4. The number of carbonyl (C=O) groups excluding carboxylic acids is 2. The molecule has 2 aromatic carbocycles. The van der Waals surface area contributed by atoms with Crippen LogP contribution in [0.3, 0.4) is 0 Å². The van der Waals surface area contributed by atoms with Gasteiger partial charge in [0, 0.05) is 11.0 Å². The van der Waals surface area contributed by atoms with Gasteiger partial charge in [-0.15, -0.1) is 0 Å². The first-order valence-corrected chi connectivity index (χ1v) is 11.3. The second-order valence-electron chi connectivity index (χ2n) is 9.78. The van der Waals surface area contributed by atoms with Gasteiger partial charge in [0.1, 0.15) is 0 Å². The molecule has 32 heavy (non-hydrogen) atoms. The lowest BCUT2D eigenvalue weighted by atomic mass is 9.55. The Morgan fingerprint density at radius 1 is 1.12 bits per heavy atom. The summed E-state index contributed by atoms with van der Waals surface area (Å²) in [5, 5.41) is 9.33. The molecule has 5 heteroatoms. The maximum Gasteiger partial charge on any atom is 0.335 e. The van der Waals surface area contributed by atoms with Crippen molar-refractivity contribution in [1.29, 1.82) is 0 Å². The number of allylic oxidation sites excluding steroid dienone is 1. The van der Waals surface area contributed by atoms with Crippen molar-refractivity contribution in [3.63, 3.8) is 0 Å². The van der Waals surface area contributed by atoms with E-state index in [4.69, 9.17) is 5.73 Å². The summed E-state index contributed by atoms with van der Waals surface area (Å²) in [7, 11) is 0. The predicted molar refractivity (Wildman–Crippen MR) is 121 cm³/mol. The number of aromatic carboxylic acids is 1. The molecule has 0 bridgehead atoms. The van der Waals surface area contributed by atoms with Gasteiger partial charge in [-0.25, -0.2) is 4.79 Å². The fourth-order valence-electron chi connectivity index (χ4n) is 6.50. The average molecular weight is 430 g/mol. The number of rotatable bonds is 3. The van der Waals surface area contributed by atoms with Crippen molar-refractivity contribution < 1.29 is 19.5 Å². The van der Waals surface area contributed by atoms with Crippen molar-refractivity contribution in [3.05, 3.63) is 75.9 Å². The van der Waals surface area contributed by atoms with Crippen LogP contribution in [-0.2, 0) is 11.2 Å². The molecule has 3 aliphatic rings. The third-order valence-corrected chi connectivity index (χ3v) is 8.13. The van der Waals surface area contributed by atoms with Crippen molar-refractivity contribution >= 4 is 23.7 Å². The Bertz CT molecular complexity index is 1180. The van der Waals surface area contributed by atoms with Crippen molar-refractivity contribution in [2.45, 2.75) is 44.9 Å². The summed E-state index contributed by atoms with van der Waals surface area (Å²) < 4.78 is 0. The second kappa shape index (κ2) is 7.44. The van der Waals surface area contributed by atoms with E-state index < -0.39 is 11.9 Å². The molecule has 0 unspecified atom stereocenters. The van der Waals surface area contributed by atoms with Gasteiger partial charge >= 0.3 is 5.97 Å². The standard InChI is InChI=1S/C27H27NO4/c1-27-10-9-21-20-7-6-18(26(31)32)13-16(20)5-8-22(21)23(27)14-19(24(27)29)12-15-3-2-4-17(11-15)25(28)30/h2-4,6-7,11-13,21-23H,5,8-10,14H2,1H3,(H2,28,30)(H,31,32)/t21-,22-,23+,27+/m1/s1. The molecular formula is C27H27NO4. The van der Waals surface area contributed by atoms with Crippen LogP contribution in [0.25, 0.3) is 6.08 Å². The van der Waals surface area contributed by atoms with Gasteiger partial charge in [0.15, 0.2) is 5.78 Å². The van der Waals surface area contributed by atoms with Gasteiger partial charge in [-0.3, -0.25) is 9.59 Å². The molecule has 164 valence electrons. The van der Waals surface area contributed by atoms with Gasteiger partial charge in [0.25, 0.3) is 0 Å². The normalized spacial score (nSPS) is 29.8. The number of carbonyl (C=O) groups is 3. The lowest BCUT2D eigenvalue weighted by Crippen LogP contribution is -2.42. The van der Waals surface area contributed by atoms with Crippen LogP contribution in [0.5, 0.6) is 0 Å². The van der Waals surface area contributed by atoms with Crippen LogP contribution >= 0.6 is 0 Å². The van der Waals surface area contributed by atoms with Crippen LogP contribution in [0.2, 0.25) is 0 Å². The number of amides is 1.